The first kappa shape index (κ1) is 11.0. The number of non-ortho nitro benzene ring substituents is 1. The average molecular weight is 208 g/mol. The lowest BCUT2D eigenvalue weighted by molar-refractivity contribution is -0.384. The normalized spacial score (nSPS) is 10.3. The molecule has 1 N–H and O–H groups in total. The van der Waals surface area contributed by atoms with Crippen LogP contribution in [0.3, 0.4) is 0 Å². The molecule has 0 atom stereocenters. The quantitative estimate of drug-likeness (QED) is 0.352. The molecule has 0 unspecified atom stereocenters. The van der Waals surface area contributed by atoms with Crippen molar-refractivity contribution in [2.75, 3.05) is 19.5 Å². The summed E-state index contributed by atoms with van der Waals surface area (Å²) >= 11 is 0. The van der Waals surface area contributed by atoms with Gasteiger partial charge in [0.05, 0.1) is 10.6 Å². The molecule has 1 rings (SSSR count). The van der Waals surface area contributed by atoms with Crippen LogP contribution in [-0.4, -0.2) is 30.3 Å². The molecule has 0 saturated carbocycles. The predicted molar refractivity (Wildman–Crippen MR) is 58.9 cm³/mol. The van der Waals surface area contributed by atoms with E-state index in [1.807, 2.05) is 14.1 Å². The van der Waals surface area contributed by atoms with Crippen LogP contribution in [-0.2, 0) is 0 Å². The molecule has 0 heterocycles. The maximum Gasteiger partial charge on any atom is 0.269 e. The van der Waals surface area contributed by atoms with Crippen LogP contribution in [0.15, 0.2) is 29.4 Å². The van der Waals surface area contributed by atoms with Gasteiger partial charge in [-0.1, -0.05) is 0 Å². The van der Waals surface area contributed by atoms with Crippen molar-refractivity contribution in [3.63, 3.8) is 0 Å². The summed E-state index contributed by atoms with van der Waals surface area (Å²) in [7, 11) is 3.70. The van der Waals surface area contributed by atoms with Gasteiger partial charge in [-0.3, -0.25) is 15.5 Å². The molecule has 0 radical (unpaired) electrons. The first-order chi connectivity index (χ1) is 7.09. The van der Waals surface area contributed by atoms with Gasteiger partial charge in [0, 0.05) is 26.2 Å². The van der Waals surface area contributed by atoms with E-state index < -0.39 is 4.92 Å². The number of nitrogens with zero attached hydrogens (tertiary/aromatic N) is 3. The van der Waals surface area contributed by atoms with Gasteiger partial charge >= 0.3 is 0 Å². The Kier molecular flexibility index (Phi) is 3.61. The molecule has 80 valence electrons. The van der Waals surface area contributed by atoms with Crippen LogP contribution in [0.1, 0.15) is 0 Å². The van der Waals surface area contributed by atoms with Crippen LogP contribution >= 0.6 is 0 Å². The van der Waals surface area contributed by atoms with Crippen molar-refractivity contribution in [2.24, 2.45) is 5.10 Å². The van der Waals surface area contributed by atoms with Crippen LogP contribution in [0.25, 0.3) is 0 Å². The number of benzene rings is 1. The van der Waals surface area contributed by atoms with Crippen molar-refractivity contribution in [1.82, 2.24) is 4.90 Å². The van der Waals surface area contributed by atoms with E-state index in [1.165, 1.54) is 12.1 Å². The minimum absolute atomic E-state index is 0.0668. The van der Waals surface area contributed by atoms with Gasteiger partial charge in [0.15, 0.2) is 0 Å². The number of hydrogen-bond acceptors (Lipinski definition) is 4. The third-order valence-electron chi connectivity index (χ3n) is 1.56. The smallest absolute Gasteiger partial charge is 0.269 e. The van der Waals surface area contributed by atoms with Crippen molar-refractivity contribution < 1.29 is 4.92 Å². The van der Waals surface area contributed by atoms with E-state index in [0.717, 1.165) is 0 Å². The Balaban J connectivity index is 2.61. The molecule has 0 aliphatic heterocycles. The van der Waals surface area contributed by atoms with E-state index in [4.69, 9.17) is 0 Å². The van der Waals surface area contributed by atoms with Crippen LogP contribution in [0, 0.1) is 10.1 Å². The molecule has 1 aromatic rings. The third-order valence-corrected chi connectivity index (χ3v) is 1.56. The molecular formula is C9H12N4O2. The molecule has 0 aliphatic rings. The van der Waals surface area contributed by atoms with Gasteiger partial charge in [-0.05, 0) is 12.1 Å². The second-order valence-corrected chi connectivity index (χ2v) is 3.12. The Morgan fingerprint density at radius 2 is 2.00 bits per heavy atom. The maximum atomic E-state index is 10.4. The van der Waals surface area contributed by atoms with E-state index in [-0.39, 0.29) is 5.69 Å². The second kappa shape index (κ2) is 4.94. The van der Waals surface area contributed by atoms with Crippen LogP contribution in [0.4, 0.5) is 11.4 Å². The fourth-order valence-corrected chi connectivity index (χ4v) is 0.877. The van der Waals surface area contributed by atoms with E-state index in [9.17, 15) is 10.1 Å². The molecule has 1 aromatic carbocycles. The van der Waals surface area contributed by atoms with Gasteiger partial charge in [-0.2, -0.15) is 5.10 Å². The Bertz CT molecular complexity index is 359. The standard InChI is InChI=1S/C9H12N4O2/c1-12(2)7-10-11-8-3-5-9(6-4-8)13(14)15/h3-7,11H,1-2H3/b10-7-. The topological polar surface area (TPSA) is 70.8 Å². The molecular weight excluding hydrogens is 196 g/mol. The lowest BCUT2D eigenvalue weighted by Crippen LogP contribution is -2.09. The number of rotatable bonds is 4. The highest BCUT2D eigenvalue weighted by Crippen LogP contribution is 2.14. The summed E-state index contributed by atoms with van der Waals surface area (Å²) in [6, 6.07) is 6.05. The summed E-state index contributed by atoms with van der Waals surface area (Å²) in [6.45, 7) is 0. The number of nitrogens with one attached hydrogen (secondary N) is 1. The monoisotopic (exact) mass is 208 g/mol. The Morgan fingerprint density at radius 3 is 2.47 bits per heavy atom. The zero-order valence-corrected chi connectivity index (χ0v) is 8.54. The highest BCUT2D eigenvalue weighted by Gasteiger charge is 2.02. The number of nitro benzene ring substituents is 1. The van der Waals surface area contributed by atoms with Crippen molar-refractivity contribution in [3.05, 3.63) is 34.4 Å². The van der Waals surface area contributed by atoms with E-state index in [2.05, 4.69) is 10.5 Å². The summed E-state index contributed by atoms with van der Waals surface area (Å²) < 4.78 is 0. The summed E-state index contributed by atoms with van der Waals surface area (Å²) in [5, 5.41) is 14.3. The summed E-state index contributed by atoms with van der Waals surface area (Å²) in [5.41, 5.74) is 3.52. The van der Waals surface area contributed by atoms with Gasteiger partial charge in [-0.15, -0.1) is 0 Å². The van der Waals surface area contributed by atoms with Gasteiger partial charge in [0.25, 0.3) is 5.69 Å². The minimum atomic E-state index is -0.438. The minimum Gasteiger partial charge on any atom is -0.367 e. The first-order valence-electron chi connectivity index (χ1n) is 4.29. The molecule has 6 heteroatoms. The van der Waals surface area contributed by atoms with Gasteiger partial charge in [0.2, 0.25) is 0 Å². The van der Waals surface area contributed by atoms with Crippen LogP contribution in [0.5, 0.6) is 0 Å². The molecule has 0 saturated heterocycles. The molecule has 0 spiro atoms. The molecule has 0 bridgehead atoms. The lowest BCUT2D eigenvalue weighted by atomic mass is 10.3. The van der Waals surface area contributed by atoms with Crippen molar-refractivity contribution >= 4 is 17.7 Å². The second-order valence-electron chi connectivity index (χ2n) is 3.12. The Morgan fingerprint density at radius 1 is 1.40 bits per heavy atom. The predicted octanol–water partition coefficient (Wildman–Crippen LogP) is 1.51. The zero-order chi connectivity index (χ0) is 11.3. The van der Waals surface area contributed by atoms with Gasteiger partial charge in [0.1, 0.15) is 6.34 Å². The number of hydrogen-bond donors (Lipinski definition) is 1. The highest BCUT2D eigenvalue weighted by molar-refractivity contribution is 5.57. The van der Waals surface area contributed by atoms with E-state index in [1.54, 1.807) is 23.4 Å². The van der Waals surface area contributed by atoms with Gasteiger partial charge in [-0.25, -0.2) is 0 Å². The van der Waals surface area contributed by atoms with Crippen molar-refractivity contribution in [1.29, 1.82) is 0 Å². The summed E-state index contributed by atoms with van der Waals surface area (Å²) in [6.07, 6.45) is 1.60. The lowest BCUT2D eigenvalue weighted by Gasteiger charge is -2.03. The van der Waals surface area contributed by atoms with E-state index >= 15 is 0 Å². The summed E-state index contributed by atoms with van der Waals surface area (Å²) in [4.78, 5) is 11.7. The maximum absolute atomic E-state index is 10.4. The zero-order valence-electron chi connectivity index (χ0n) is 8.54. The number of hydrazone groups is 1. The number of nitro groups is 1. The molecule has 15 heavy (non-hydrogen) atoms. The SMILES string of the molecule is CN(C)/C=N\Nc1ccc([N+](=O)[O-])cc1. The van der Waals surface area contributed by atoms with Crippen molar-refractivity contribution in [3.8, 4) is 0 Å². The van der Waals surface area contributed by atoms with Crippen LogP contribution in [0.2, 0.25) is 0 Å². The molecule has 0 amide bonds. The average Bonchev–Trinajstić information content (AvgIpc) is 2.18. The molecule has 0 fully saturated rings. The third kappa shape index (κ3) is 3.63. The van der Waals surface area contributed by atoms with Gasteiger partial charge < -0.3 is 4.90 Å². The van der Waals surface area contributed by atoms with E-state index in [0.29, 0.717) is 5.69 Å². The fraction of sp³-hybridized carbons (Fsp3) is 0.222. The first-order valence-corrected chi connectivity index (χ1v) is 4.29. The molecule has 0 aliphatic carbocycles. The largest absolute Gasteiger partial charge is 0.367 e. The number of anilines is 1. The summed E-state index contributed by atoms with van der Waals surface area (Å²) in [5.74, 6) is 0. The Labute approximate surface area is 87.4 Å². The van der Waals surface area contributed by atoms with Crippen LogP contribution < -0.4 is 5.43 Å². The highest BCUT2D eigenvalue weighted by atomic mass is 16.6. The fourth-order valence-electron chi connectivity index (χ4n) is 0.877. The molecule has 0 aromatic heterocycles. The van der Waals surface area contributed by atoms with Crippen molar-refractivity contribution in [2.45, 2.75) is 0 Å². The molecule has 6 nitrogen and oxygen atoms in total. The Hall–Kier alpha value is -2.11.